The molecule has 14 heteroatoms. The summed E-state index contributed by atoms with van der Waals surface area (Å²) in [6, 6.07) is 13.7. The van der Waals surface area contributed by atoms with Gasteiger partial charge in [0.05, 0.1) is 16.9 Å². The summed E-state index contributed by atoms with van der Waals surface area (Å²) in [6.45, 7) is 9.10. The van der Waals surface area contributed by atoms with Crippen LogP contribution >= 0.6 is 0 Å². The van der Waals surface area contributed by atoms with E-state index in [2.05, 4.69) is 20.1 Å². The van der Waals surface area contributed by atoms with Crippen molar-refractivity contribution in [2.75, 3.05) is 66.3 Å². The second-order valence-electron chi connectivity index (χ2n) is 13.6. The van der Waals surface area contributed by atoms with Gasteiger partial charge in [-0.3, -0.25) is 29.0 Å². The predicted octanol–water partition coefficient (Wildman–Crippen LogP) is 4.78. The number of rotatable bonds is 7. The van der Waals surface area contributed by atoms with E-state index >= 15 is 0 Å². The molecule has 1 aromatic heterocycles. The summed E-state index contributed by atoms with van der Waals surface area (Å²) >= 11 is 0. The zero-order valence-corrected chi connectivity index (χ0v) is 29.6. The SMILES string of the molecule is CC(=O)N1CCN(C/C=C/C(=O)Nc2ccc(CN3C[C@H]4CC(=O)N(c5cc(C(F)(F)F)cc(C)n5)[C@@H]4C(=O)N(C)c4cccc(C)c43)cc2)CC1. The zero-order chi connectivity index (χ0) is 37.3. The third-order valence-electron chi connectivity index (χ3n) is 9.92. The Balaban J connectivity index is 1.19. The molecule has 11 nitrogen and oxygen atoms in total. The van der Waals surface area contributed by atoms with Crippen LogP contribution in [0.15, 0.2) is 66.7 Å². The summed E-state index contributed by atoms with van der Waals surface area (Å²) in [5.41, 5.74) is 3.04. The molecule has 0 radical (unpaired) electrons. The topological polar surface area (TPSA) is 109 Å². The number of likely N-dealkylation sites (N-methyl/N-ethyl adjacent to an activating group) is 1. The molecule has 0 unspecified atom stereocenters. The van der Waals surface area contributed by atoms with Crippen LogP contribution in [0.1, 0.15) is 35.7 Å². The van der Waals surface area contributed by atoms with Crippen LogP contribution in [-0.2, 0) is 31.9 Å². The molecule has 2 fully saturated rings. The van der Waals surface area contributed by atoms with Crippen molar-refractivity contribution in [3.8, 4) is 0 Å². The first-order valence-corrected chi connectivity index (χ1v) is 17.2. The van der Waals surface area contributed by atoms with E-state index in [0.717, 1.165) is 46.9 Å². The summed E-state index contributed by atoms with van der Waals surface area (Å²) < 4.78 is 41.3. The number of pyridine rings is 1. The summed E-state index contributed by atoms with van der Waals surface area (Å²) in [7, 11) is 1.62. The van der Waals surface area contributed by atoms with Crippen molar-refractivity contribution in [3.05, 3.63) is 89.1 Å². The van der Waals surface area contributed by atoms with Crippen LogP contribution in [0.3, 0.4) is 0 Å². The fraction of sp³-hybridized carbons (Fsp3) is 0.395. The molecule has 2 saturated heterocycles. The van der Waals surface area contributed by atoms with E-state index in [1.165, 1.54) is 17.9 Å². The Morgan fingerprint density at radius 3 is 2.38 bits per heavy atom. The summed E-state index contributed by atoms with van der Waals surface area (Å²) in [6.07, 6.45) is -1.37. The average molecular weight is 718 g/mol. The number of nitrogens with zero attached hydrogens (tertiary/aromatic N) is 6. The molecule has 3 aliphatic heterocycles. The number of aromatic nitrogens is 1. The van der Waals surface area contributed by atoms with Gasteiger partial charge in [0.1, 0.15) is 11.9 Å². The third-order valence-corrected chi connectivity index (χ3v) is 9.92. The number of halogens is 3. The number of anilines is 4. The van der Waals surface area contributed by atoms with Crippen LogP contribution in [0.25, 0.3) is 0 Å². The first kappa shape index (κ1) is 36.5. The fourth-order valence-corrected chi connectivity index (χ4v) is 7.30. The second-order valence-corrected chi connectivity index (χ2v) is 13.6. The maximum atomic E-state index is 14.1. The first-order chi connectivity index (χ1) is 24.7. The van der Waals surface area contributed by atoms with Gasteiger partial charge in [0, 0.05) is 89.6 Å². The number of benzene rings is 2. The number of aryl methyl sites for hydroxylation is 2. The molecule has 52 heavy (non-hydrogen) atoms. The number of hydrogen-bond donors (Lipinski definition) is 1. The Morgan fingerprint density at radius 1 is 1.00 bits per heavy atom. The highest BCUT2D eigenvalue weighted by atomic mass is 19.4. The van der Waals surface area contributed by atoms with Crippen LogP contribution in [0.2, 0.25) is 0 Å². The smallest absolute Gasteiger partial charge is 0.365 e. The van der Waals surface area contributed by atoms with E-state index in [-0.39, 0.29) is 36.3 Å². The minimum atomic E-state index is -4.65. The lowest BCUT2D eigenvalue weighted by Gasteiger charge is -2.39. The highest BCUT2D eigenvalue weighted by molar-refractivity contribution is 6.10. The van der Waals surface area contributed by atoms with Gasteiger partial charge >= 0.3 is 6.18 Å². The van der Waals surface area contributed by atoms with E-state index < -0.39 is 35.5 Å². The van der Waals surface area contributed by atoms with Crippen LogP contribution in [0, 0.1) is 19.8 Å². The van der Waals surface area contributed by atoms with E-state index in [4.69, 9.17) is 0 Å². The summed E-state index contributed by atoms with van der Waals surface area (Å²) in [5, 5.41) is 2.88. The van der Waals surface area contributed by atoms with Crippen molar-refractivity contribution in [3.63, 3.8) is 0 Å². The molecule has 6 rings (SSSR count). The number of carbonyl (C=O) groups excluding carboxylic acids is 4. The molecule has 0 spiro atoms. The summed E-state index contributed by atoms with van der Waals surface area (Å²) in [4.78, 5) is 64.9. The molecule has 4 heterocycles. The van der Waals surface area contributed by atoms with Crippen LogP contribution in [0.5, 0.6) is 0 Å². The molecule has 3 aromatic rings. The molecule has 2 aromatic carbocycles. The quantitative estimate of drug-likeness (QED) is 0.351. The lowest BCUT2D eigenvalue weighted by atomic mass is 9.94. The van der Waals surface area contributed by atoms with E-state index in [9.17, 15) is 32.3 Å². The minimum Gasteiger partial charge on any atom is -0.365 e. The predicted molar refractivity (Wildman–Crippen MR) is 192 cm³/mol. The Hall–Kier alpha value is -5.24. The highest BCUT2D eigenvalue weighted by Gasteiger charge is 2.49. The van der Waals surface area contributed by atoms with Crippen molar-refractivity contribution < 1.29 is 32.3 Å². The molecule has 0 bridgehead atoms. The van der Waals surface area contributed by atoms with Crippen molar-refractivity contribution in [1.82, 2.24) is 14.8 Å². The first-order valence-electron chi connectivity index (χ1n) is 17.2. The lowest BCUT2D eigenvalue weighted by molar-refractivity contribution is -0.137. The fourth-order valence-electron chi connectivity index (χ4n) is 7.30. The Labute approximate surface area is 300 Å². The maximum Gasteiger partial charge on any atom is 0.416 e. The van der Waals surface area contributed by atoms with Gasteiger partial charge in [-0.05, 0) is 55.3 Å². The van der Waals surface area contributed by atoms with Gasteiger partial charge in [-0.15, -0.1) is 0 Å². The summed E-state index contributed by atoms with van der Waals surface area (Å²) in [5.74, 6) is -1.78. The number of piperazine rings is 1. The molecular formula is C38H42F3N7O4. The normalized spacial score (nSPS) is 19.8. The van der Waals surface area contributed by atoms with Gasteiger partial charge in [0.2, 0.25) is 23.6 Å². The number of amides is 4. The third kappa shape index (κ3) is 7.81. The molecular weight excluding hydrogens is 675 g/mol. The lowest BCUT2D eigenvalue weighted by Crippen LogP contribution is -2.52. The largest absolute Gasteiger partial charge is 0.416 e. The van der Waals surface area contributed by atoms with Crippen molar-refractivity contribution >= 4 is 46.5 Å². The van der Waals surface area contributed by atoms with Gasteiger partial charge in [0.15, 0.2) is 0 Å². The zero-order valence-electron chi connectivity index (χ0n) is 29.6. The van der Waals surface area contributed by atoms with E-state index in [0.29, 0.717) is 37.6 Å². The van der Waals surface area contributed by atoms with Gasteiger partial charge in [-0.2, -0.15) is 13.2 Å². The van der Waals surface area contributed by atoms with Gasteiger partial charge in [0.25, 0.3) is 0 Å². The monoisotopic (exact) mass is 717 g/mol. The standard InChI is InChI=1S/C38H42F3N7O4/c1-24-7-5-8-31-35(24)47(22-27-10-12-30(13-11-27)43-33(50)9-6-14-45-15-17-46(18-16-45)26(3)49)23-28-20-34(51)48(36(28)37(52)44(31)4)32-21-29(38(39,40)41)19-25(2)42-32/h5-13,19,21,28,36H,14-18,20,22-23H2,1-4H3,(H,43,50)/b9-6+/t28-,36+/m1/s1. The minimum absolute atomic E-state index is 0.0357. The number of fused-ring (bicyclic) bond motifs is 2. The number of alkyl halides is 3. The maximum absolute atomic E-state index is 14.1. The van der Waals surface area contributed by atoms with Crippen LogP contribution in [-0.4, -0.2) is 90.8 Å². The second kappa shape index (κ2) is 14.8. The Morgan fingerprint density at radius 2 is 1.71 bits per heavy atom. The molecule has 2 atom stereocenters. The number of hydrogen-bond acceptors (Lipinski definition) is 7. The Bertz CT molecular complexity index is 1890. The average Bonchev–Trinajstić information content (AvgIpc) is 3.42. The number of para-hydroxylation sites is 1. The van der Waals surface area contributed by atoms with Crippen molar-refractivity contribution in [1.29, 1.82) is 0 Å². The number of carbonyl (C=O) groups is 4. The molecule has 0 aliphatic carbocycles. The molecule has 3 aliphatic rings. The molecule has 4 amide bonds. The van der Waals surface area contributed by atoms with Crippen LogP contribution in [0.4, 0.5) is 36.1 Å². The van der Waals surface area contributed by atoms with Gasteiger partial charge in [-0.1, -0.05) is 30.3 Å². The van der Waals surface area contributed by atoms with Crippen molar-refractivity contribution in [2.45, 2.75) is 46.0 Å². The molecule has 1 N–H and O–H groups in total. The van der Waals surface area contributed by atoms with Gasteiger partial charge in [-0.25, -0.2) is 4.98 Å². The number of nitrogens with one attached hydrogen (secondary N) is 1. The Kier molecular flexibility index (Phi) is 10.4. The van der Waals surface area contributed by atoms with E-state index in [1.807, 2.05) is 60.4 Å². The highest BCUT2D eigenvalue weighted by Crippen LogP contribution is 2.42. The molecule has 0 saturated carbocycles. The van der Waals surface area contributed by atoms with Crippen LogP contribution < -0.4 is 20.0 Å². The molecule has 274 valence electrons. The van der Waals surface area contributed by atoms with E-state index in [1.54, 1.807) is 14.0 Å². The van der Waals surface area contributed by atoms with Gasteiger partial charge < -0.3 is 20.0 Å². The van der Waals surface area contributed by atoms with Crippen molar-refractivity contribution in [2.24, 2.45) is 5.92 Å².